The first kappa shape index (κ1) is 33.7. The maximum Gasteiger partial charge on any atom is 2.00 e. The number of carbonyl (C=O) groups is 5. The minimum atomic E-state index is -1.50. The van der Waals surface area contributed by atoms with Crippen molar-refractivity contribution in [2.75, 3.05) is 0 Å². The molecule has 13 heteroatoms. The summed E-state index contributed by atoms with van der Waals surface area (Å²) in [6.45, 7) is 2.37. The van der Waals surface area contributed by atoms with Gasteiger partial charge in [0, 0.05) is 24.9 Å². The van der Waals surface area contributed by atoms with Crippen molar-refractivity contribution in [2.45, 2.75) is 32.7 Å². The topological polar surface area (TPSA) is 256 Å². The predicted molar refractivity (Wildman–Crippen MR) is 96.5 cm³/mol. The molecule has 1 amide bonds. The number of benzene rings is 1. The van der Waals surface area contributed by atoms with Crippen molar-refractivity contribution >= 4 is 47.0 Å². The van der Waals surface area contributed by atoms with E-state index >= 15 is 0 Å². The van der Waals surface area contributed by atoms with Gasteiger partial charge in [-0.15, -0.1) is 0 Å². The fourth-order valence-electron chi connectivity index (χ4n) is 1.64. The zero-order chi connectivity index (χ0) is 20.4. The molecule has 8 N–H and O–H groups in total. The number of esters is 1. The normalized spacial score (nSPS) is 9.62. The molecule has 1 rings (SSSR count). The average Bonchev–Trinajstić information content (AvgIpc) is 2.52. The van der Waals surface area contributed by atoms with E-state index in [0.717, 1.165) is 6.92 Å². The van der Waals surface area contributed by atoms with Crippen LogP contribution in [-0.4, -0.2) is 64.0 Å². The number of rotatable bonds is 7. The average molecular weight is 429 g/mol. The molecule has 29 heavy (non-hydrogen) atoms. The number of ketones is 1. The van der Waals surface area contributed by atoms with Crippen molar-refractivity contribution in [3.05, 3.63) is 29.3 Å². The number of nitrogens with two attached hydrogens (primary N) is 2. The number of primary amides is 1. The van der Waals surface area contributed by atoms with Crippen LogP contribution in [0.2, 0.25) is 0 Å². The summed E-state index contributed by atoms with van der Waals surface area (Å²) >= 11 is 0. The van der Waals surface area contributed by atoms with Crippen LogP contribution in [0.15, 0.2) is 18.2 Å². The van der Waals surface area contributed by atoms with Crippen molar-refractivity contribution in [3.8, 4) is 5.75 Å². The summed E-state index contributed by atoms with van der Waals surface area (Å²) in [6, 6.07) is 2.88. The Bertz CT molecular complexity index is 691. The van der Waals surface area contributed by atoms with Gasteiger partial charge in [-0.05, 0) is 25.5 Å². The molecule has 0 aliphatic rings. The Morgan fingerprint density at radius 3 is 1.86 bits per heavy atom. The molecule has 0 fully saturated rings. The summed E-state index contributed by atoms with van der Waals surface area (Å²) in [5.74, 6) is -4.77. The Morgan fingerprint density at radius 1 is 1.03 bits per heavy atom. The van der Waals surface area contributed by atoms with Crippen molar-refractivity contribution in [2.24, 2.45) is 11.5 Å². The SMILES string of the molecule is CC(=O)Oc1c(C(C)=O)cccc1C(=O)[O-].NC(=O)CC[C@H](N)C(=O)[O-].O.O.[Al+2]. The monoisotopic (exact) mass is 429 g/mol. The number of ether oxygens (including phenoxy) is 1. The van der Waals surface area contributed by atoms with E-state index in [1.807, 2.05) is 0 Å². The molecule has 0 saturated heterocycles. The third-order valence-electron chi connectivity index (χ3n) is 2.86. The number of aliphatic carboxylic acids is 1. The summed E-state index contributed by atoms with van der Waals surface area (Å²) in [7, 11) is 0. The second-order valence-corrected chi connectivity index (χ2v) is 5.05. The van der Waals surface area contributed by atoms with Crippen LogP contribution >= 0.6 is 0 Å². The largest absolute Gasteiger partial charge is 2.00 e. The standard InChI is InChI=1S/C11H10O5.C5H10N2O3.Al.2H2O/c1-6(12)8-4-3-5-9(11(14)15)10(8)16-7(2)13;6-3(5(9)10)1-2-4(7)8;;;/h3-5H,1-2H3,(H,14,15);3H,1-2,6H2,(H2,7,8)(H,9,10);;2*1H2/q;;+2;;/p-2/t;3-;;;/m.0.../s1. The molecule has 0 bridgehead atoms. The number of amides is 1. The van der Waals surface area contributed by atoms with Gasteiger partial charge in [-0.25, -0.2) is 0 Å². The third kappa shape index (κ3) is 13.1. The zero-order valence-corrected chi connectivity index (χ0v) is 16.9. The molecule has 1 aromatic carbocycles. The number of para-hydroxylation sites is 1. The van der Waals surface area contributed by atoms with E-state index < -0.39 is 29.9 Å². The van der Waals surface area contributed by atoms with Crippen LogP contribution in [0.5, 0.6) is 5.75 Å². The van der Waals surface area contributed by atoms with Gasteiger partial charge in [0.25, 0.3) is 0 Å². The minimum absolute atomic E-state index is 0. The van der Waals surface area contributed by atoms with E-state index in [-0.39, 0.29) is 63.8 Å². The van der Waals surface area contributed by atoms with Crippen molar-refractivity contribution < 1.29 is 49.9 Å². The molecule has 0 aliphatic carbocycles. The third-order valence-corrected chi connectivity index (χ3v) is 2.86. The Balaban J connectivity index is -0.000000213. The molecule has 0 saturated carbocycles. The summed E-state index contributed by atoms with van der Waals surface area (Å²) in [6.07, 6.45) is 0.0206. The van der Waals surface area contributed by atoms with Gasteiger partial charge < -0.3 is 47.0 Å². The van der Waals surface area contributed by atoms with E-state index in [4.69, 9.17) is 16.2 Å². The van der Waals surface area contributed by atoms with Crippen LogP contribution in [-0.2, 0) is 14.4 Å². The molecular formula is C16H22AlN2O10. The Labute approximate surface area is 176 Å². The fraction of sp³-hybridized carbons (Fsp3) is 0.312. The van der Waals surface area contributed by atoms with E-state index in [1.54, 1.807) is 0 Å². The number of carbonyl (C=O) groups excluding carboxylic acids is 5. The molecule has 0 unspecified atom stereocenters. The van der Waals surface area contributed by atoms with Crippen LogP contribution in [0.3, 0.4) is 0 Å². The molecule has 1 atom stereocenters. The Morgan fingerprint density at radius 2 is 1.52 bits per heavy atom. The summed E-state index contributed by atoms with van der Waals surface area (Å²) in [4.78, 5) is 52.8. The summed E-state index contributed by atoms with van der Waals surface area (Å²) in [5.41, 5.74) is 9.45. The van der Waals surface area contributed by atoms with E-state index in [1.165, 1.54) is 25.1 Å². The molecule has 12 nitrogen and oxygen atoms in total. The first-order valence-corrected chi connectivity index (χ1v) is 7.25. The van der Waals surface area contributed by atoms with Gasteiger partial charge in [0.1, 0.15) is 0 Å². The predicted octanol–water partition coefficient (Wildman–Crippen LogP) is -4.52. The Hall–Kier alpha value is -2.82. The van der Waals surface area contributed by atoms with E-state index in [9.17, 15) is 34.2 Å². The number of carboxylic acid groups (broad SMARTS) is 2. The smallest absolute Gasteiger partial charge is 0.548 e. The van der Waals surface area contributed by atoms with Crippen molar-refractivity contribution in [3.63, 3.8) is 0 Å². The van der Waals surface area contributed by atoms with Gasteiger partial charge in [-0.1, -0.05) is 6.07 Å². The molecule has 1 aromatic rings. The van der Waals surface area contributed by atoms with Gasteiger partial charge >= 0.3 is 23.3 Å². The van der Waals surface area contributed by atoms with Crippen LogP contribution in [0.4, 0.5) is 0 Å². The van der Waals surface area contributed by atoms with Gasteiger partial charge in [0.15, 0.2) is 11.5 Å². The number of hydrogen-bond donors (Lipinski definition) is 2. The van der Waals surface area contributed by atoms with Crippen molar-refractivity contribution in [1.82, 2.24) is 0 Å². The Kier molecular flexibility index (Phi) is 18.8. The van der Waals surface area contributed by atoms with Crippen LogP contribution in [0.25, 0.3) is 0 Å². The van der Waals surface area contributed by atoms with E-state index in [0.29, 0.717) is 0 Å². The van der Waals surface area contributed by atoms with Gasteiger partial charge in [-0.3, -0.25) is 14.4 Å². The number of carboxylic acids is 2. The quantitative estimate of drug-likeness (QED) is 0.183. The van der Waals surface area contributed by atoms with Gasteiger partial charge in [0.05, 0.1) is 17.5 Å². The van der Waals surface area contributed by atoms with Crippen LogP contribution in [0, 0.1) is 0 Å². The first-order valence-electron chi connectivity index (χ1n) is 7.25. The number of aromatic carboxylic acids is 1. The van der Waals surface area contributed by atoms with Crippen molar-refractivity contribution in [1.29, 1.82) is 0 Å². The summed E-state index contributed by atoms with van der Waals surface area (Å²) < 4.78 is 4.72. The van der Waals surface area contributed by atoms with Crippen LogP contribution < -0.4 is 26.4 Å². The first-order chi connectivity index (χ1) is 12.0. The molecule has 0 heterocycles. The molecule has 0 aromatic heterocycles. The molecule has 1 radical (unpaired) electrons. The van der Waals surface area contributed by atoms with Gasteiger partial charge in [-0.2, -0.15) is 0 Å². The van der Waals surface area contributed by atoms with Gasteiger partial charge in [0.2, 0.25) is 5.91 Å². The zero-order valence-electron chi connectivity index (χ0n) is 15.7. The van der Waals surface area contributed by atoms with Crippen LogP contribution in [0.1, 0.15) is 47.4 Å². The minimum Gasteiger partial charge on any atom is -0.548 e. The maximum absolute atomic E-state index is 11.2. The second kappa shape index (κ2) is 16.2. The molecule has 0 spiro atoms. The fourth-order valence-corrected chi connectivity index (χ4v) is 1.64. The summed E-state index contributed by atoms with van der Waals surface area (Å²) in [5, 5.41) is 20.7. The number of Topliss-reactive ketones (excluding diaryl/α,β-unsaturated/α-hetero) is 1. The second-order valence-electron chi connectivity index (χ2n) is 5.05. The molecule has 159 valence electrons. The number of hydrogen-bond acceptors (Lipinski definition) is 9. The van der Waals surface area contributed by atoms with E-state index in [2.05, 4.69) is 0 Å². The maximum atomic E-state index is 11.2. The molecule has 0 aliphatic heterocycles. The molecular weight excluding hydrogens is 407 g/mol.